The van der Waals surface area contributed by atoms with E-state index in [4.69, 9.17) is 6.57 Å². The summed E-state index contributed by atoms with van der Waals surface area (Å²) in [7, 11) is 0.904. The van der Waals surface area contributed by atoms with Crippen LogP contribution in [-0.4, -0.2) is 26.2 Å². The van der Waals surface area contributed by atoms with Crippen LogP contribution >= 0.6 is 86.1 Å². The van der Waals surface area contributed by atoms with E-state index in [0.29, 0.717) is 21.3 Å². The molecule has 0 aromatic heterocycles. The molecule has 0 saturated carbocycles. The predicted molar refractivity (Wildman–Crippen MR) is 460 cm³/mol. The second-order valence-electron chi connectivity index (χ2n) is 22.7. The maximum absolute atomic E-state index is 11.3. The largest absolute Gasteiger partial charge is 0.465 e. The van der Waals surface area contributed by atoms with Crippen LogP contribution in [0.15, 0.2) is 397 Å². The molecule has 0 saturated heterocycles. The molecule has 14 aromatic rings. The molecule has 0 N–H and O–H groups in total. The molecule has 14 aromatic carbocycles. The minimum Gasteiger partial charge on any atom is -0.465 e. The number of carbonyl (C=O) groups excluding carboxylic acids is 2. The van der Waals surface area contributed by atoms with Crippen molar-refractivity contribution in [2.24, 2.45) is 0 Å². The quantitative estimate of drug-likeness (QED) is 0.0358. The van der Waals surface area contributed by atoms with Crippen LogP contribution in [0.2, 0.25) is 0 Å². The van der Waals surface area contributed by atoms with Gasteiger partial charge in [-0.3, -0.25) is 0 Å². The zero-order chi connectivity index (χ0) is 72.4. The molecule has 0 aliphatic rings. The van der Waals surface area contributed by atoms with Crippen molar-refractivity contribution in [3.8, 4) is 0 Å². The second-order valence-corrected chi connectivity index (χ2v) is 34.4. The summed E-state index contributed by atoms with van der Waals surface area (Å²) in [5.74, 6) is -0.758. The standard InChI is InChI=1S/4C18H15P.C10H8BrNO2.C9H8BrIO2.Pd/c4*1-4-10-16(11-5-1)19(17-12-6-2-7-13-17)18-14-8-3-9-15-18;1-6-4-8(11)7(10(13)14-3)5-9(6)12-2;1-5-3-7(10)6(4-8(5)11)9(12)13-2;/h4*1-15H;4-5H,1,3H3;3-4H,1-2H3;. The SMILES string of the molecule is COC(=O)c1cc(I)c(C)cc1Br.[C-]#[N+]c1cc(C(=O)OC)c(Br)cc1C.[Pd].c1ccc(P(c2ccccc2)c2ccccc2)cc1.c1ccc(P(c2ccccc2)c2ccccc2)cc1.c1ccc(P(c2ccccc2)c2ccccc2)cc1.c1ccc(P(c2ccccc2)c2ccccc2)cc1. The number of benzene rings is 14. The Hall–Kier alpha value is -8.42. The molecule has 520 valence electrons. The molecule has 14 rings (SSSR count). The fourth-order valence-electron chi connectivity index (χ4n) is 10.7. The molecule has 0 fully saturated rings. The van der Waals surface area contributed by atoms with Crippen LogP contribution in [-0.2, 0) is 29.9 Å². The Bertz CT molecular complexity index is 4020. The summed E-state index contributed by atoms with van der Waals surface area (Å²) in [6.45, 7) is 10.7. The number of methoxy groups -OCH3 is 2. The molecule has 5 nitrogen and oxygen atoms in total. The smallest absolute Gasteiger partial charge is 0.339 e. The predicted octanol–water partition coefficient (Wildman–Crippen LogP) is 20.0. The van der Waals surface area contributed by atoms with Gasteiger partial charge in [0.25, 0.3) is 0 Å². The molecule has 0 spiro atoms. The van der Waals surface area contributed by atoms with Crippen molar-refractivity contribution < 1.29 is 39.5 Å². The van der Waals surface area contributed by atoms with Crippen LogP contribution in [0.4, 0.5) is 5.69 Å². The molecule has 0 radical (unpaired) electrons. The minimum absolute atomic E-state index is 0. The van der Waals surface area contributed by atoms with Crippen molar-refractivity contribution in [2.75, 3.05) is 14.2 Å². The van der Waals surface area contributed by atoms with Crippen LogP contribution in [0.3, 0.4) is 0 Å². The fraction of sp³-hybridized carbons (Fsp3) is 0.0440. The van der Waals surface area contributed by atoms with Gasteiger partial charge >= 0.3 is 11.9 Å². The van der Waals surface area contributed by atoms with Gasteiger partial charge in [0.15, 0.2) is 5.69 Å². The summed E-state index contributed by atoms with van der Waals surface area (Å²) in [5, 5.41) is 16.8. The Labute approximate surface area is 663 Å². The first-order valence-corrected chi connectivity index (χ1v) is 41.1. The van der Waals surface area contributed by atoms with Crippen molar-refractivity contribution in [1.29, 1.82) is 0 Å². The molecule has 104 heavy (non-hydrogen) atoms. The number of halogens is 3. The van der Waals surface area contributed by atoms with E-state index in [1.165, 1.54) is 83.9 Å². The molecule has 0 unspecified atom stereocenters. The Morgan fingerprint density at radius 1 is 0.298 bits per heavy atom. The zero-order valence-electron chi connectivity index (χ0n) is 57.8. The van der Waals surface area contributed by atoms with Gasteiger partial charge in [-0.05, 0) is 177 Å². The van der Waals surface area contributed by atoms with Gasteiger partial charge in [0.2, 0.25) is 0 Å². The third-order valence-electron chi connectivity index (χ3n) is 15.6. The van der Waals surface area contributed by atoms with Crippen molar-refractivity contribution in [1.82, 2.24) is 0 Å². The van der Waals surface area contributed by atoms with Crippen LogP contribution < -0.4 is 63.7 Å². The summed E-state index contributed by atoms with van der Waals surface area (Å²) in [5.41, 5.74) is 3.38. The first kappa shape index (κ1) is 81.3. The van der Waals surface area contributed by atoms with E-state index < -0.39 is 37.7 Å². The molecule has 13 heteroatoms. The molecule has 0 heterocycles. The van der Waals surface area contributed by atoms with Gasteiger partial charge in [-0.15, -0.1) is 0 Å². The monoisotopic (exact) mass is 1760 g/mol. The summed E-state index contributed by atoms with van der Waals surface area (Å²) < 4.78 is 11.7. The summed E-state index contributed by atoms with van der Waals surface area (Å²) >= 11 is 8.75. The molecule has 0 atom stereocenters. The normalized spacial score (nSPS) is 10.2. The van der Waals surface area contributed by atoms with Gasteiger partial charge in [0.05, 0.1) is 31.9 Å². The van der Waals surface area contributed by atoms with Gasteiger partial charge in [-0.1, -0.05) is 386 Å². The van der Waals surface area contributed by atoms with Crippen LogP contribution in [0, 0.1) is 24.0 Å². The van der Waals surface area contributed by atoms with Crippen molar-refractivity contribution in [3.05, 3.63) is 434 Å². The summed E-state index contributed by atoms with van der Waals surface area (Å²) in [4.78, 5) is 25.8. The topological polar surface area (TPSA) is 57.0 Å². The number of aryl methyl sites for hydroxylation is 2. The summed E-state index contributed by atoms with van der Waals surface area (Å²) in [6.07, 6.45) is 0. The van der Waals surface area contributed by atoms with Gasteiger partial charge in [-0.2, -0.15) is 0 Å². The van der Waals surface area contributed by atoms with Crippen LogP contribution in [0.5, 0.6) is 0 Å². The van der Waals surface area contributed by atoms with E-state index in [1.807, 2.05) is 26.0 Å². The number of nitrogens with zero attached hydrogens (tertiary/aromatic N) is 1. The van der Waals surface area contributed by atoms with E-state index in [1.54, 1.807) is 6.07 Å². The second kappa shape index (κ2) is 44.4. The molecule has 0 aliphatic carbocycles. The maximum atomic E-state index is 11.3. The van der Waals surface area contributed by atoms with Gasteiger partial charge in [0.1, 0.15) is 0 Å². The van der Waals surface area contributed by atoms with Gasteiger partial charge in [-0.25, -0.2) is 14.4 Å². The molecule has 0 amide bonds. The average Bonchev–Trinajstić information content (AvgIpc) is 0.927. The number of ether oxygens (including phenoxy) is 2. The van der Waals surface area contributed by atoms with E-state index in [9.17, 15) is 9.59 Å². The Kier molecular flexibility index (Phi) is 34.7. The van der Waals surface area contributed by atoms with Gasteiger partial charge in [0, 0.05) is 32.9 Å². The summed E-state index contributed by atoms with van der Waals surface area (Å²) in [6, 6.07) is 136. The maximum Gasteiger partial charge on any atom is 0.339 e. The van der Waals surface area contributed by atoms with E-state index in [-0.39, 0.29) is 26.4 Å². The first-order valence-electron chi connectivity index (χ1n) is 33.1. The Morgan fingerprint density at radius 3 is 0.625 bits per heavy atom. The zero-order valence-corrected chi connectivity index (χ0v) is 68.2. The average molecular weight is 1760 g/mol. The number of esters is 2. The van der Waals surface area contributed by atoms with E-state index in [2.05, 4.69) is 433 Å². The van der Waals surface area contributed by atoms with E-state index in [0.717, 1.165) is 19.2 Å². The number of carbonyl (C=O) groups is 2. The molecular formula is C91H76Br2INO4P4Pd. The third kappa shape index (κ3) is 24.3. The van der Waals surface area contributed by atoms with Crippen LogP contribution in [0.25, 0.3) is 4.85 Å². The third-order valence-corrected chi connectivity index (χ3v) is 27.9. The molecular weight excluding hydrogens is 1690 g/mol. The number of rotatable bonds is 14. The van der Waals surface area contributed by atoms with Crippen molar-refractivity contribution in [2.45, 2.75) is 13.8 Å². The molecule has 0 aliphatic heterocycles. The Morgan fingerprint density at radius 2 is 0.462 bits per heavy atom. The number of hydrogen-bond donors (Lipinski definition) is 0. The molecule has 0 bridgehead atoms. The minimum atomic E-state index is -0.446. The fourth-order valence-corrected chi connectivity index (χ4v) is 21.6. The number of hydrogen-bond acceptors (Lipinski definition) is 4. The van der Waals surface area contributed by atoms with E-state index >= 15 is 0 Å². The van der Waals surface area contributed by atoms with Gasteiger partial charge < -0.3 is 9.47 Å². The Balaban J connectivity index is 0.000000159. The van der Waals surface area contributed by atoms with Crippen molar-refractivity contribution in [3.63, 3.8) is 0 Å². The van der Waals surface area contributed by atoms with Crippen molar-refractivity contribution >= 4 is 167 Å². The first-order chi connectivity index (χ1) is 50.5. The van der Waals surface area contributed by atoms with Crippen LogP contribution in [0.1, 0.15) is 31.8 Å².